The van der Waals surface area contributed by atoms with Crippen molar-refractivity contribution in [3.63, 3.8) is 0 Å². The SMILES string of the molecule is COc1cccc(NC(=O)[C@@H](Sc2ccc(NC(C)=O)cc2)c2ccccc2)c1. The van der Waals surface area contributed by atoms with E-state index in [0.717, 1.165) is 16.1 Å². The molecule has 0 spiro atoms. The summed E-state index contributed by atoms with van der Waals surface area (Å²) in [5, 5.41) is 5.28. The van der Waals surface area contributed by atoms with Crippen LogP contribution in [0.5, 0.6) is 5.75 Å². The van der Waals surface area contributed by atoms with Crippen LogP contribution in [0, 0.1) is 0 Å². The van der Waals surface area contributed by atoms with Gasteiger partial charge in [-0.15, -0.1) is 11.8 Å². The molecule has 6 heteroatoms. The molecule has 0 aliphatic heterocycles. The zero-order valence-corrected chi connectivity index (χ0v) is 17.0. The maximum Gasteiger partial charge on any atom is 0.242 e. The van der Waals surface area contributed by atoms with Crippen LogP contribution in [0.2, 0.25) is 0 Å². The van der Waals surface area contributed by atoms with Gasteiger partial charge >= 0.3 is 0 Å². The van der Waals surface area contributed by atoms with Crippen molar-refractivity contribution in [2.75, 3.05) is 17.7 Å². The Kier molecular flexibility index (Phi) is 6.92. The zero-order valence-electron chi connectivity index (χ0n) is 16.2. The summed E-state index contributed by atoms with van der Waals surface area (Å²) < 4.78 is 5.23. The number of methoxy groups -OCH3 is 1. The van der Waals surface area contributed by atoms with E-state index in [-0.39, 0.29) is 11.8 Å². The van der Waals surface area contributed by atoms with Crippen LogP contribution < -0.4 is 15.4 Å². The minimum Gasteiger partial charge on any atom is -0.497 e. The molecule has 0 heterocycles. The van der Waals surface area contributed by atoms with Gasteiger partial charge in [-0.25, -0.2) is 0 Å². The summed E-state index contributed by atoms with van der Waals surface area (Å²) in [5.74, 6) is 0.436. The minimum absolute atomic E-state index is 0.120. The highest BCUT2D eigenvalue weighted by Crippen LogP contribution is 2.36. The quantitative estimate of drug-likeness (QED) is 0.534. The molecule has 29 heavy (non-hydrogen) atoms. The van der Waals surface area contributed by atoms with Crippen molar-refractivity contribution in [3.05, 3.63) is 84.4 Å². The van der Waals surface area contributed by atoms with Crippen molar-refractivity contribution in [1.82, 2.24) is 0 Å². The molecule has 0 fully saturated rings. The second-order valence-corrected chi connectivity index (χ2v) is 7.51. The zero-order chi connectivity index (χ0) is 20.6. The molecule has 5 nitrogen and oxygen atoms in total. The fraction of sp³-hybridized carbons (Fsp3) is 0.130. The van der Waals surface area contributed by atoms with Crippen LogP contribution >= 0.6 is 11.8 Å². The predicted molar refractivity (Wildman–Crippen MR) is 117 cm³/mol. The fourth-order valence-electron chi connectivity index (χ4n) is 2.77. The second-order valence-electron chi connectivity index (χ2n) is 6.34. The molecule has 0 aliphatic carbocycles. The number of carbonyl (C=O) groups excluding carboxylic acids is 2. The first-order valence-electron chi connectivity index (χ1n) is 9.09. The molecule has 0 aliphatic rings. The molecule has 0 radical (unpaired) electrons. The molecule has 0 unspecified atom stereocenters. The molecule has 0 bridgehead atoms. The lowest BCUT2D eigenvalue weighted by Crippen LogP contribution is -2.19. The Labute approximate surface area is 174 Å². The van der Waals surface area contributed by atoms with Crippen molar-refractivity contribution >= 4 is 35.0 Å². The van der Waals surface area contributed by atoms with Gasteiger partial charge in [0.05, 0.1) is 7.11 Å². The van der Waals surface area contributed by atoms with Gasteiger partial charge in [0.1, 0.15) is 11.0 Å². The van der Waals surface area contributed by atoms with E-state index in [0.29, 0.717) is 11.4 Å². The Bertz CT molecular complexity index is 975. The topological polar surface area (TPSA) is 67.4 Å². The molecule has 0 saturated heterocycles. The van der Waals surface area contributed by atoms with Gasteiger partial charge in [-0.1, -0.05) is 36.4 Å². The largest absolute Gasteiger partial charge is 0.497 e. The highest BCUT2D eigenvalue weighted by atomic mass is 32.2. The van der Waals surface area contributed by atoms with Crippen LogP contribution in [-0.2, 0) is 9.59 Å². The van der Waals surface area contributed by atoms with Crippen LogP contribution in [0.1, 0.15) is 17.7 Å². The number of amides is 2. The van der Waals surface area contributed by atoms with Gasteiger partial charge in [0.2, 0.25) is 11.8 Å². The van der Waals surface area contributed by atoms with E-state index in [1.807, 2.05) is 72.8 Å². The summed E-state index contributed by atoms with van der Waals surface area (Å²) in [5.41, 5.74) is 2.31. The molecule has 3 aromatic carbocycles. The average Bonchev–Trinajstić information content (AvgIpc) is 2.73. The summed E-state index contributed by atoms with van der Waals surface area (Å²) in [7, 11) is 1.59. The van der Waals surface area contributed by atoms with Crippen molar-refractivity contribution < 1.29 is 14.3 Å². The third-order valence-electron chi connectivity index (χ3n) is 4.11. The molecular weight excluding hydrogens is 384 g/mol. The summed E-state index contributed by atoms with van der Waals surface area (Å²) in [6, 6.07) is 24.4. The molecule has 148 valence electrons. The Morgan fingerprint density at radius 3 is 2.24 bits per heavy atom. The summed E-state index contributed by atoms with van der Waals surface area (Å²) in [6.45, 7) is 1.47. The van der Waals surface area contributed by atoms with E-state index in [2.05, 4.69) is 10.6 Å². The molecule has 0 saturated carbocycles. The Balaban J connectivity index is 1.81. The lowest BCUT2D eigenvalue weighted by atomic mass is 10.1. The van der Waals surface area contributed by atoms with Gasteiger partial charge in [0.15, 0.2) is 0 Å². The lowest BCUT2D eigenvalue weighted by Gasteiger charge is -2.17. The second kappa shape index (κ2) is 9.80. The number of rotatable bonds is 7. The van der Waals surface area contributed by atoms with Crippen molar-refractivity contribution in [2.24, 2.45) is 0 Å². The van der Waals surface area contributed by atoms with Crippen molar-refractivity contribution in [1.29, 1.82) is 0 Å². The number of nitrogens with one attached hydrogen (secondary N) is 2. The standard InChI is InChI=1S/C23H22N2O3S/c1-16(26)24-18-11-13-21(14-12-18)29-22(17-7-4-3-5-8-17)23(27)25-19-9-6-10-20(15-19)28-2/h3-15,22H,1-2H3,(H,24,26)(H,25,27)/t22-/m0/s1. The van der Waals surface area contributed by atoms with E-state index in [1.54, 1.807) is 13.2 Å². The van der Waals surface area contributed by atoms with E-state index in [1.165, 1.54) is 18.7 Å². The molecule has 2 N–H and O–H groups in total. The van der Waals surface area contributed by atoms with Gasteiger partial charge in [0.25, 0.3) is 0 Å². The minimum atomic E-state index is -0.436. The monoisotopic (exact) mass is 406 g/mol. The van der Waals surface area contributed by atoms with Gasteiger partial charge in [0, 0.05) is 29.3 Å². The molecule has 0 aromatic heterocycles. The Hall–Kier alpha value is -3.25. The predicted octanol–water partition coefficient (Wildman–Crippen LogP) is 5.13. The smallest absolute Gasteiger partial charge is 0.242 e. The fourth-order valence-corrected chi connectivity index (χ4v) is 3.79. The number of benzene rings is 3. The van der Waals surface area contributed by atoms with Gasteiger partial charge in [-0.3, -0.25) is 9.59 Å². The van der Waals surface area contributed by atoms with Crippen LogP contribution in [0.4, 0.5) is 11.4 Å². The highest BCUT2D eigenvalue weighted by Gasteiger charge is 2.22. The van der Waals surface area contributed by atoms with E-state index < -0.39 is 5.25 Å². The van der Waals surface area contributed by atoms with E-state index in [4.69, 9.17) is 4.74 Å². The normalized spacial score (nSPS) is 11.4. The summed E-state index contributed by atoms with van der Waals surface area (Å²) in [6.07, 6.45) is 0. The van der Waals surface area contributed by atoms with Gasteiger partial charge in [-0.2, -0.15) is 0 Å². The number of carbonyl (C=O) groups is 2. The average molecular weight is 407 g/mol. The van der Waals surface area contributed by atoms with E-state index >= 15 is 0 Å². The highest BCUT2D eigenvalue weighted by molar-refractivity contribution is 8.00. The van der Waals surface area contributed by atoms with Gasteiger partial charge in [-0.05, 0) is 42.0 Å². The summed E-state index contributed by atoms with van der Waals surface area (Å²) >= 11 is 1.45. The number of anilines is 2. The third kappa shape index (κ3) is 5.86. The Morgan fingerprint density at radius 2 is 1.59 bits per heavy atom. The first kappa shape index (κ1) is 20.5. The molecule has 3 rings (SSSR count). The maximum atomic E-state index is 13.1. The lowest BCUT2D eigenvalue weighted by molar-refractivity contribution is -0.116. The number of ether oxygens (including phenoxy) is 1. The van der Waals surface area contributed by atoms with Gasteiger partial charge < -0.3 is 15.4 Å². The Morgan fingerprint density at radius 1 is 0.862 bits per heavy atom. The molecule has 3 aromatic rings. The molecule has 2 amide bonds. The first-order chi connectivity index (χ1) is 14.0. The molecule has 1 atom stereocenters. The van der Waals surface area contributed by atoms with Crippen molar-refractivity contribution in [3.8, 4) is 5.75 Å². The van der Waals surface area contributed by atoms with E-state index in [9.17, 15) is 9.59 Å². The van der Waals surface area contributed by atoms with Crippen LogP contribution in [0.15, 0.2) is 83.8 Å². The number of hydrogen-bond acceptors (Lipinski definition) is 4. The molecular formula is C23H22N2O3S. The van der Waals surface area contributed by atoms with Crippen LogP contribution in [0.25, 0.3) is 0 Å². The summed E-state index contributed by atoms with van der Waals surface area (Å²) in [4.78, 5) is 25.2. The van der Waals surface area contributed by atoms with Crippen LogP contribution in [-0.4, -0.2) is 18.9 Å². The van der Waals surface area contributed by atoms with Crippen molar-refractivity contribution in [2.45, 2.75) is 17.1 Å². The maximum absolute atomic E-state index is 13.1. The van der Waals surface area contributed by atoms with Crippen LogP contribution in [0.3, 0.4) is 0 Å². The number of hydrogen-bond donors (Lipinski definition) is 2. The first-order valence-corrected chi connectivity index (χ1v) is 9.97. The number of thioether (sulfide) groups is 1. The third-order valence-corrected chi connectivity index (χ3v) is 5.37.